The fraction of sp³-hybridized carbons (Fsp3) is 0.333. The molecule has 0 aliphatic rings. The molecule has 0 aromatic carbocycles. The smallest absolute Gasteiger partial charge is 0.250 e. The van der Waals surface area contributed by atoms with Gasteiger partial charge in [-0.2, -0.15) is 0 Å². The molecule has 0 saturated carbocycles. The topological polar surface area (TPSA) is 51.2 Å². The first-order valence-corrected chi connectivity index (χ1v) is 5.49. The predicted octanol–water partition coefficient (Wildman–Crippen LogP) is 2.47. The summed E-state index contributed by atoms with van der Waals surface area (Å²) < 4.78 is 5.59. The molecule has 0 spiro atoms. The van der Waals surface area contributed by atoms with E-state index in [9.17, 15) is 4.79 Å². The zero-order valence-electron chi connectivity index (χ0n) is 8.09. The number of nitrogens with zero attached hydrogens (tertiary/aromatic N) is 1. The number of amides is 1. The number of aromatic nitrogens is 1. The molecule has 15 heavy (non-hydrogen) atoms. The highest BCUT2D eigenvalue weighted by atomic mass is 79.9. The van der Waals surface area contributed by atoms with Crippen molar-refractivity contribution in [3.05, 3.63) is 21.9 Å². The second-order valence-electron chi connectivity index (χ2n) is 2.68. The Morgan fingerprint density at radius 3 is 3.07 bits per heavy atom. The van der Waals surface area contributed by atoms with Gasteiger partial charge in [0.05, 0.1) is 16.4 Å². The van der Waals surface area contributed by atoms with Crippen molar-refractivity contribution < 1.29 is 9.53 Å². The fourth-order valence-electron chi connectivity index (χ4n) is 0.881. The summed E-state index contributed by atoms with van der Waals surface area (Å²) in [4.78, 5) is 15.1. The lowest BCUT2D eigenvalue weighted by molar-refractivity contribution is -0.120. The summed E-state index contributed by atoms with van der Waals surface area (Å²) in [7, 11) is 0. The highest BCUT2D eigenvalue weighted by Crippen LogP contribution is 2.22. The van der Waals surface area contributed by atoms with E-state index in [4.69, 9.17) is 16.3 Å². The molecule has 0 aliphatic carbocycles. The standard InChI is InChI=1S/C9H10BrClN2O2/c1-2-15-5-8(14)13-6-3-7(10)9(11)12-4-6/h3-4H,2,5H2,1H3,(H,13,14). The lowest BCUT2D eigenvalue weighted by Crippen LogP contribution is -2.18. The molecule has 6 heteroatoms. The minimum absolute atomic E-state index is 0.0384. The molecule has 0 bridgehead atoms. The molecule has 4 nitrogen and oxygen atoms in total. The third-order valence-electron chi connectivity index (χ3n) is 1.52. The summed E-state index contributed by atoms with van der Waals surface area (Å²) in [5.41, 5.74) is 0.580. The maximum absolute atomic E-state index is 11.3. The molecule has 1 N–H and O–H groups in total. The van der Waals surface area contributed by atoms with Gasteiger partial charge in [-0.1, -0.05) is 11.6 Å². The van der Waals surface area contributed by atoms with Gasteiger partial charge in [0.2, 0.25) is 5.91 Å². The van der Waals surface area contributed by atoms with Crippen LogP contribution in [0.15, 0.2) is 16.7 Å². The zero-order chi connectivity index (χ0) is 11.3. The Bertz CT molecular complexity index is 360. The number of carbonyl (C=O) groups excluding carboxylic acids is 1. The molecule has 0 unspecified atom stereocenters. The van der Waals surface area contributed by atoms with Crippen molar-refractivity contribution in [3.8, 4) is 0 Å². The number of halogens is 2. The quantitative estimate of drug-likeness (QED) is 0.868. The molecule has 0 fully saturated rings. The van der Waals surface area contributed by atoms with Crippen LogP contribution in [-0.4, -0.2) is 24.1 Å². The fourth-order valence-corrected chi connectivity index (χ4v) is 1.33. The van der Waals surface area contributed by atoms with Crippen molar-refractivity contribution in [1.82, 2.24) is 4.98 Å². The van der Waals surface area contributed by atoms with Gasteiger partial charge < -0.3 is 10.1 Å². The molecule has 1 rings (SSSR count). The van der Waals surface area contributed by atoms with Crippen LogP contribution < -0.4 is 5.32 Å². The molecule has 1 aromatic heterocycles. The lowest BCUT2D eigenvalue weighted by atomic mass is 10.4. The zero-order valence-corrected chi connectivity index (χ0v) is 10.4. The third kappa shape index (κ3) is 4.15. The van der Waals surface area contributed by atoms with Crippen LogP contribution in [0.25, 0.3) is 0 Å². The number of pyridine rings is 1. The van der Waals surface area contributed by atoms with Crippen molar-refractivity contribution >= 4 is 39.1 Å². The van der Waals surface area contributed by atoms with Crippen LogP contribution in [0.3, 0.4) is 0 Å². The van der Waals surface area contributed by atoms with Gasteiger partial charge in [0.15, 0.2) is 0 Å². The monoisotopic (exact) mass is 292 g/mol. The van der Waals surface area contributed by atoms with Gasteiger partial charge in [-0.25, -0.2) is 4.98 Å². The van der Waals surface area contributed by atoms with E-state index < -0.39 is 0 Å². The minimum atomic E-state index is -0.215. The first kappa shape index (κ1) is 12.4. The third-order valence-corrected chi connectivity index (χ3v) is 2.65. The molecular formula is C9H10BrClN2O2. The van der Waals surface area contributed by atoms with E-state index >= 15 is 0 Å². The van der Waals surface area contributed by atoms with Crippen molar-refractivity contribution in [1.29, 1.82) is 0 Å². The van der Waals surface area contributed by atoms with Crippen LogP contribution in [-0.2, 0) is 9.53 Å². The second kappa shape index (κ2) is 6.05. The van der Waals surface area contributed by atoms with Crippen LogP contribution in [0.5, 0.6) is 0 Å². The Labute approximate surface area is 101 Å². The maximum atomic E-state index is 11.3. The van der Waals surface area contributed by atoms with E-state index in [1.165, 1.54) is 6.20 Å². The summed E-state index contributed by atoms with van der Waals surface area (Å²) in [5, 5.41) is 2.99. The van der Waals surface area contributed by atoms with E-state index in [1.54, 1.807) is 6.07 Å². The summed E-state index contributed by atoms with van der Waals surface area (Å²) in [6.07, 6.45) is 1.48. The van der Waals surface area contributed by atoms with Crippen LogP contribution in [0.2, 0.25) is 5.15 Å². The van der Waals surface area contributed by atoms with E-state index in [0.717, 1.165) is 0 Å². The molecule has 0 atom stereocenters. The number of anilines is 1. The average Bonchev–Trinajstić information content (AvgIpc) is 2.20. The van der Waals surface area contributed by atoms with Gasteiger partial charge >= 0.3 is 0 Å². The number of ether oxygens (including phenoxy) is 1. The Hall–Kier alpha value is -0.650. The van der Waals surface area contributed by atoms with E-state index in [2.05, 4.69) is 26.2 Å². The van der Waals surface area contributed by atoms with Gasteiger partial charge in [-0.05, 0) is 28.9 Å². The first-order valence-electron chi connectivity index (χ1n) is 4.32. The molecule has 1 amide bonds. The summed E-state index contributed by atoms with van der Waals surface area (Å²) in [6.45, 7) is 2.38. The Morgan fingerprint density at radius 2 is 2.47 bits per heavy atom. The Morgan fingerprint density at radius 1 is 1.73 bits per heavy atom. The second-order valence-corrected chi connectivity index (χ2v) is 3.89. The molecule has 82 valence electrons. The molecule has 1 heterocycles. The number of rotatable bonds is 4. The molecule has 1 aromatic rings. The summed E-state index contributed by atoms with van der Waals surface area (Å²) >= 11 is 8.92. The van der Waals surface area contributed by atoms with Gasteiger partial charge in [0.1, 0.15) is 11.8 Å². The van der Waals surface area contributed by atoms with Crippen molar-refractivity contribution in [2.75, 3.05) is 18.5 Å². The first-order chi connectivity index (χ1) is 7.13. The highest BCUT2D eigenvalue weighted by molar-refractivity contribution is 9.10. The van der Waals surface area contributed by atoms with Crippen LogP contribution in [0, 0.1) is 0 Å². The SMILES string of the molecule is CCOCC(=O)Nc1cnc(Cl)c(Br)c1. The Balaban J connectivity index is 2.57. The van der Waals surface area contributed by atoms with Crippen LogP contribution >= 0.6 is 27.5 Å². The molecule has 0 aliphatic heterocycles. The van der Waals surface area contributed by atoms with Gasteiger partial charge in [0, 0.05) is 6.61 Å². The Kier molecular flexibility index (Phi) is 5.01. The lowest BCUT2D eigenvalue weighted by Gasteiger charge is -2.05. The van der Waals surface area contributed by atoms with Gasteiger partial charge in [-0.3, -0.25) is 4.79 Å². The molecule has 0 radical (unpaired) electrons. The normalized spacial score (nSPS) is 10.1. The minimum Gasteiger partial charge on any atom is -0.372 e. The van der Waals surface area contributed by atoms with Crippen LogP contribution in [0.4, 0.5) is 5.69 Å². The highest BCUT2D eigenvalue weighted by Gasteiger charge is 2.04. The number of carbonyl (C=O) groups is 1. The number of hydrogen-bond acceptors (Lipinski definition) is 3. The molecular weight excluding hydrogens is 283 g/mol. The maximum Gasteiger partial charge on any atom is 0.250 e. The van der Waals surface area contributed by atoms with Crippen molar-refractivity contribution in [2.24, 2.45) is 0 Å². The van der Waals surface area contributed by atoms with Crippen LogP contribution in [0.1, 0.15) is 6.92 Å². The van der Waals surface area contributed by atoms with Gasteiger partial charge in [-0.15, -0.1) is 0 Å². The predicted molar refractivity (Wildman–Crippen MR) is 62.1 cm³/mol. The van der Waals surface area contributed by atoms with Gasteiger partial charge in [0.25, 0.3) is 0 Å². The van der Waals surface area contributed by atoms with E-state index in [0.29, 0.717) is 21.9 Å². The van der Waals surface area contributed by atoms with E-state index in [-0.39, 0.29) is 12.5 Å². The summed E-state index contributed by atoms with van der Waals surface area (Å²) in [6, 6.07) is 1.68. The van der Waals surface area contributed by atoms with Crippen molar-refractivity contribution in [2.45, 2.75) is 6.92 Å². The van der Waals surface area contributed by atoms with Crippen molar-refractivity contribution in [3.63, 3.8) is 0 Å². The molecule has 0 saturated heterocycles. The van der Waals surface area contributed by atoms with E-state index in [1.807, 2.05) is 6.92 Å². The average molecular weight is 294 g/mol. The number of hydrogen-bond donors (Lipinski definition) is 1. The summed E-state index contributed by atoms with van der Waals surface area (Å²) in [5.74, 6) is -0.215. The number of nitrogens with one attached hydrogen (secondary N) is 1. The largest absolute Gasteiger partial charge is 0.372 e.